The molecule has 0 radical (unpaired) electrons. The number of anilines is 1. The van der Waals surface area contributed by atoms with Gasteiger partial charge in [-0.05, 0) is 32.9 Å². The van der Waals surface area contributed by atoms with Gasteiger partial charge in [-0.2, -0.15) is 4.72 Å². The van der Waals surface area contributed by atoms with Crippen molar-refractivity contribution < 1.29 is 13.2 Å². The van der Waals surface area contributed by atoms with Crippen LogP contribution in [0.15, 0.2) is 17.0 Å². The van der Waals surface area contributed by atoms with Gasteiger partial charge in [0.1, 0.15) is 4.90 Å². The molecule has 1 amide bonds. The number of benzene rings is 1. The van der Waals surface area contributed by atoms with Gasteiger partial charge in [0.05, 0.1) is 21.8 Å². The molecule has 1 unspecified atom stereocenters. The molecule has 0 spiro atoms. The summed E-state index contributed by atoms with van der Waals surface area (Å²) in [6.07, 6.45) is 0. The topological polar surface area (TPSA) is 101 Å². The zero-order valence-corrected chi connectivity index (χ0v) is 14.1. The molecule has 6 nitrogen and oxygen atoms in total. The van der Waals surface area contributed by atoms with E-state index in [9.17, 15) is 13.2 Å². The van der Waals surface area contributed by atoms with E-state index in [1.54, 1.807) is 13.8 Å². The van der Waals surface area contributed by atoms with Gasteiger partial charge < -0.3 is 11.1 Å². The molecular formula is C12H17Cl2N3O3S. The van der Waals surface area contributed by atoms with E-state index in [0.29, 0.717) is 0 Å². The number of hydrogen-bond acceptors (Lipinski definition) is 4. The van der Waals surface area contributed by atoms with Crippen LogP contribution in [0.1, 0.15) is 20.8 Å². The van der Waals surface area contributed by atoms with E-state index in [4.69, 9.17) is 28.9 Å². The minimum Gasteiger partial charge on any atom is -0.396 e. The lowest BCUT2D eigenvalue weighted by Gasteiger charge is -2.17. The Kier molecular flexibility index (Phi) is 5.86. The molecule has 0 bridgehead atoms. The summed E-state index contributed by atoms with van der Waals surface area (Å²) in [5.41, 5.74) is 5.57. The van der Waals surface area contributed by atoms with E-state index in [2.05, 4.69) is 10.0 Å². The van der Waals surface area contributed by atoms with Crippen LogP contribution in [-0.2, 0) is 14.8 Å². The van der Waals surface area contributed by atoms with Crippen LogP contribution >= 0.6 is 23.2 Å². The highest BCUT2D eigenvalue weighted by atomic mass is 35.5. The Morgan fingerprint density at radius 2 is 1.81 bits per heavy atom. The third-order valence-electron chi connectivity index (χ3n) is 2.54. The number of sulfonamides is 1. The first-order chi connectivity index (χ1) is 9.56. The first-order valence-corrected chi connectivity index (χ1v) is 8.36. The Morgan fingerprint density at radius 1 is 1.24 bits per heavy atom. The number of nitrogens with one attached hydrogen (secondary N) is 2. The number of halogens is 2. The molecule has 0 aliphatic rings. The van der Waals surface area contributed by atoms with Crippen LogP contribution in [-0.4, -0.2) is 26.4 Å². The molecule has 0 aliphatic heterocycles. The summed E-state index contributed by atoms with van der Waals surface area (Å²) in [5, 5.41) is 2.59. The Morgan fingerprint density at radius 3 is 2.33 bits per heavy atom. The molecule has 1 rings (SSSR count). The fourth-order valence-electron chi connectivity index (χ4n) is 1.52. The van der Waals surface area contributed by atoms with E-state index in [1.165, 1.54) is 19.1 Å². The molecular weight excluding hydrogens is 337 g/mol. The molecule has 21 heavy (non-hydrogen) atoms. The SMILES string of the molecule is CC(C)NC(=O)C(C)NS(=O)(=O)c1ccc(Cl)c(N)c1Cl. The van der Waals surface area contributed by atoms with Gasteiger partial charge in [-0.1, -0.05) is 23.2 Å². The molecule has 0 heterocycles. The fourth-order valence-corrected chi connectivity index (χ4v) is 3.48. The molecule has 1 aromatic carbocycles. The van der Waals surface area contributed by atoms with Crippen molar-refractivity contribution in [2.75, 3.05) is 5.73 Å². The predicted molar refractivity (Wildman–Crippen MR) is 83.9 cm³/mol. The number of hydrogen-bond donors (Lipinski definition) is 3. The Labute approximate surface area is 134 Å². The molecule has 0 saturated heterocycles. The summed E-state index contributed by atoms with van der Waals surface area (Å²) in [4.78, 5) is 11.5. The van der Waals surface area contributed by atoms with Crippen LogP contribution in [0, 0.1) is 0 Å². The smallest absolute Gasteiger partial charge is 0.242 e. The van der Waals surface area contributed by atoms with E-state index < -0.39 is 22.0 Å². The molecule has 9 heteroatoms. The number of rotatable bonds is 5. The number of carbonyl (C=O) groups is 1. The monoisotopic (exact) mass is 353 g/mol. The largest absolute Gasteiger partial charge is 0.396 e. The van der Waals surface area contributed by atoms with Crippen LogP contribution in [0.4, 0.5) is 5.69 Å². The molecule has 0 fully saturated rings. The second-order valence-electron chi connectivity index (χ2n) is 4.78. The maximum Gasteiger partial charge on any atom is 0.242 e. The Balaban J connectivity index is 3.03. The summed E-state index contributed by atoms with van der Waals surface area (Å²) in [7, 11) is -3.99. The van der Waals surface area contributed by atoms with Gasteiger partial charge in [0, 0.05) is 6.04 Å². The van der Waals surface area contributed by atoms with Crippen LogP contribution in [0.2, 0.25) is 10.0 Å². The Hall–Kier alpha value is -1.02. The van der Waals surface area contributed by atoms with Crippen molar-refractivity contribution in [3.05, 3.63) is 22.2 Å². The second-order valence-corrected chi connectivity index (χ2v) is 7.25. The quantitative estimate of drug-likeness (QED) is 0.702. The maximum absolute atomic E-state index is 12.2. The number of nitrogen functional groups attached to an aromatic ring is 1. The number of amides is 1. The molecule has 0 aliphatic carbocycles. The summed E-state index contributed by atoms with van der Waals surface area (Å²) < 4.78 is 26.7. The molecule has 1 atom stereocenters. The van der Waals surface area contributed by atoms with Gasteiger partial charge in [-0.25, -0.2) is 8.42 Å². The van der Waals surface area contributed by atoms with Crippen molar-refractivity contribution in [2.24, 2.45) is 0 Å². The van der Waals surface area contributed by atoms with Gasteiger partial charge >= 0.3 is 0 Å². The standard InChI is InChI=1S/C12H17Cl2N3O3S/c1-6(2)16-12(18)7(3)17-21(19,20)9-5-4-8(13)11(15)10(9)14/h4-7,17H,15H2,1-3H3,(H,16,18). The summed E-state index contributed by atoms with van der Waals surface area (Å²) in [6.45, 7) is 4.98. The van der Waals surface area contributed by atoms with Crippen molar-refractivity contribution in [1.82, 2.24) is 10.0 Å². The van der Waals surface area contributed by atoms with Crippen LogP contribution in [0.25, 0.3) is 0 Å². The lowest BCUT2D eigenvalue weighted by atomic mass is 10.3. The molecule has 0 aromatic heterocycles. The van der Waals surface area contributed by atoms with Gasteiger partial charge in [0.25, 0.3) is 0 Å². The lowest BCUT2D eigenvalue weighted by molar-refractivity contribution is -0.122. The maximum atomic E-state index is 12.2. The van der Waals surface area contributed by atoms with Crippen molar-refractivity contribution in [3.63, 3.8) is 0 Å². The van der Waals surface area contributed by atoms with Crippen LogP contribution in [0.5, 0.6) is 0 Å². The van der Waals surface area contributed by atoms with Gasteiger partial charge in [0.15, 0.2) is 0 Å². The van der Waals surface area contributed by atoms with Crippen molar-refractivity contribution in [1.29, 1.82) is 0 Å². The lowest BCUT2D eigenvalue weighted by Crippen LogP contribution is -2.46. The summed E-state index contributed by atoms with van der Waals surface area (Å²) >= 11 is 11.7. The zero-order valence-electron chi connectivity index (χ0n) is 11.8. The molecule has 118 valence electrons. The van der Waals surface area contributed by atoms with Crippen molar-refractivity contribution in [3.8, 4) is 0 Å². The highest BCUT2D eigenvalue weighted by Gasteiger charge is 2.25. The molecule has 0 saturated carbocycles. The predicted octanol–water partition coefficient (Wildman–Crippen LogP) is 1.77. The van der Waals surface area contributed by atoms with Crippen LogP contribution < -0.4 is 15.8 Å². The van der Waals surface area contributed by atoms with Crippen LogP contribution in [0.3, 0.4) is 0 Å². The van der Waals surface area contributed by atoms with E-state index >= 15 is 0 Å². The normalized spacial score (nSPS) is 13.2. The first kappa shape index (κ1) is 18.0. The first-order valence-electron chi connectivity index (χ1n) is 6.12. The molecule has 1 aromatic rings. The average Bonchev–Trinajstić information content (AvgIpc) is 2.34. The molecule has 4 N–H and O–H groups in total. The van der Waals surface area contributed by atoms with E-state index in [-0.39, 0.29) is 26.7 Å². The van der Waals surface area contributed by atoms with Gasteiger partial charge in [0.2, 0.25) is 15.9 Å². The Bertz CT molecular complexity index is 647. The third kappa shape index (κ3) is 4.47. The highest BCUT2D eigenvalue weighted by Crippen LogP contribution is 2.33. The van der Waals surface area contributed by atoms with Crippen molar-refractivity contribution in [2.45, 2.75) is 37.8 Å². The van der Waals surface area contributed by atoms with E-state index in [0.717, 1.165) is 0 Å². The number of nitrogens with two attached hydrogens (primary N) is 1. The fraction of sp³-hybridized carbons (Fsp3) is 0.417. The average molecular weight is 354 g/mol. The van der Waals surface area contributed by atoms with Crippen molar-refractivity contribution >= 4 is 44.8 Å². The number of carbonyl (C=O) groups excluding carboxylic acids is 1. The van der Waals surface area contributed by atoms with Gasteiger partial charge in [-0.3, -0.25) is 4.79 Å². The van der Waals surface area contributed by atoms with Gasteiger partial charge in [-0.15, -0.1) is 0 Å². The summed E-state index contributed by atoms with van der Waals surface area (Å²) in [5.74, 6) is -0.438. The minimum absolute atomic E-state index is 0.0273. The third-order valence-corrected chi connectivity index (χ3v) is 4.97. The zero-order chi connectivity index (χ0) is 16.4. The minimum atomic E-state index is -3.99. The van der Waals surface area contributed by atoms with E-state index in [1.807, 2.05) is 0 Å². The highest BCUT2D eigenvalue weighted by molar-refractivity contribution is 7.89. The summed E-state index contributed by atoms with van der Waals surface area (Å²) in [6, 6.07) is 1.51. The second kappa shape index (κ2) is 6.83.